The van der Waals surface area contributed by atoms with Crippen LogP contribution in [0.5, 0.6) is 0 Å². The van der Waals surface area contributed by atoms with Gasteiger partial charge in [0.05, 0.1) is 5.56 Å². The summed E-state index contributed by atoms with van der Waals surface area (Å²) in [5.74, 6) is -0.996. The molecular formula is C10H11NO3. The number of carbonyl (C=O) groups is 1. The zero-order valence-electron chi connectivity index (χ0n) is 8.07. The van der Waals surface area contributed by atoms with Gasteiger partial charge >= 0.3 is 5.97 Å². The number of aromatic carboxylic acids is 1. The van der Waals surface area contributed by atoms with Crippen LogP contribution in [-0.4, -0.2) is 22.5 Å². The summed E-state index contributed by atoms with van der Waals surface area (Å²) in [5, 5.41) is 19.8. The zero-order chi connectivity index (χ0) is 10.9. The number of aryl methyl sites for hydroxylation is 2. The van der Waals surface area contributed by atoms with Crippen LogP contribution in [0.15, 0.2) is 12.1 Å². The van der Waals surface area contributed by atoms with Crippen LogP contribution in [0.1, 0.15) is 21.5 Å². The molecule has 14 heavy (non-hydrogen) atoms. The van der Waals surface area contributed by atoms with Crippen molar-refractivity contribution in [1.29, 1.82) is 0 Å². The molecule has 0 bridgehead atoms. The lowest BCUT2D eigenvalue weighted by molar-refractivity contribution is -0.351. The van der Waals surface area contributed by atoms with E-state index in [4.69, 9.17) is 5.11 Å². The molecule has 1 N–H and O–H groups in total. The summed E-state index contributed by atoms with van der Waals surface area (Å²) in [6.07, 6.45) is 0. The smallest absolute Gasteiger partial charge is 0.335 e. The summed E-state index contributed by atoms with van der Waals surface area (Å²) < 4.78 is 0.496. The van der Waals surface area contributed by atoms with Crippen LogP contribution in [0.25, 0.3) is 0 Å². The lowest BCUT2D eigenvalue weighted by Crippen LogP contribution is -2.02. The van der Waals surface area contributed by atoms with E-state index in [0.29, 0.717) is 21.6 Å². The molecule has 0 spiro atoms. The molecule has 0 aliphatic carbocycles. The van der Waals surface area contributed by atoms with Gasteiger partial charge in [-0.3, -0.25) is 0 Å². The Morgan fingerprint density at radius 3 is 2.14 bits per heavy atom. The molecule has 0 radical (unpaired) electrons. The Morgan fingerprint density at radius 2 is 1.86 bits per heavy atom. The Kier molecular flexibility index (Phi) is 2.56. The first-order valence-corrected chi connectivity index (χ1v) is 4.05. The number of hydrogen-bond acceptors (Lipinski definition) is 2. The highest BCUT2D eigenvalue weighted by molar-refractivity contribution is 5.88. The Morgan fingerprint density at radius 1 is 1.43 bits per heavy atom. The average molecular weight is 193 g/mol. The third-order valence-electron chi connectivity index (χ3n) is 1.99. The van der Waals surface area contributed by atoms with Gasteiger partial charge < -0.3 is 10.3 Å². The molecule has 0 fully saturated rings. The first-order valence-electron chi connectivity index (χ1n) is 4.05. The maximum absolute atomic E-state index is 11.0. The molecule has 0 aliphatic heterocycles. The lowest BCUT2D eigenvalue weighted by atomic mass is 10.0. The van der Waals surface area contributed by atoms with E-state index in [-0.39, 0.29) is 5.56 Å². The Hall–Kier alpha value is -1.84. The van der Waals surface area contributed by atoms with Gasteiger partial charge in [0.25, 0.3) is 0 Å². The van der Waals surface area contributed by atoms with Crippen molar-refractivity contribution < 1.29 is 14.6 Å². The van der Waals surface area contributed by atoms with Gasteiger partial charge in [-0.25, -0.2) is 4.79 Å². The SMILES string of the molecule is C=[N+]([O-])c1c(C)cc(C(=O)O)cc1C. The summed E-state index contributed by atoms with van der Waals surface area (Å²) in [6, 6.07) is 2.92. The standard InChI is InChI=1S/C10H11NO3/c1-6-4-8(10(12)13)5-7(2)9(6)11(3)14/h4-5H,3H2,1-2H3,(H,12,13). The molecule has 0 amide bonds. The molecule has 0 atom stereocenters. The van der Waals surface area contributed by atoms with Gasteiger partial charge in [-0.15, -0.1) is 0 Å². The van der Waals surface area contributed by atoms with Gasteiger partial charge in [0.1, 0.15) is 6.72 Å². The van der Waals surface area contributed by atoms with Gasteiger partial charge in [0.15, 0.2) is 0 Å². The molecule has 0 saturated heterocycles. The van der Waals surface area contributed by atoms with E-state index in [0.717, 1.165) is 0 Å². The van der Waals surface area contributed by atoms with Gasteiger partial charge in [-0.1, -0.05) is 0 Å². The molecular weight excluding hydrogens is 182 g/mol. The molecule has 1 aromatic rings. The molecule has 74 valence electrons. The van der Waals surface area contributed by atoms with Gasteiger partial charge in [0.2, 0.25) is 5.69 Å². The largest absolute Gasteiger partial charge is 0.619 e. The second kappa shape index (κ2) is 3.49. The Labute approximate surface area is 81.7 Å². The fourth-order valence-electron chi connectivity index (χ4n) is 1.47. The lowest BCUT2D eigenvalue weighted by Gasteiger charge is -2.08. The van der Waals surface area contributed by atoms with Crippen LogP contribution in [-0.2, 0) is 0 Å². The quantitative estimate of drug-likeness (QED) is 0.337. The van der Waals surface area contributed by atoms with E-state index in [1.165, 1.54) is 12.1 Å². The van der Waals surface area contributed by atoms with Crippen LogP contribution in [0.2, 0.25) is 0 Å². The van der Waals surface area contributed by atoms with E-state index in [1.54, 1.807) is 13.8 Å². The number of nitrogens with zero attached hydrogens (tertiary/aromatic N) is 1. The summed E-state index contributed by atoms with van der Waals surface area (Å²) in [5.41, 5.74) is 1.85. The van der Waals surface area contributed by atoms with Crippen molar-refractivity contribution in [2.45, 2.75) is 13.8 Å². The summed E-state index contributed by atoms with van der Waals surface area (Å²) in [6.45, 7) is 6.61. The highest BCUT2D eigenvalue weighted by Gasteiger charge is 2.13. The first kappa shape index (κ1) is 10.2. The number of carboxylic acids is 1. The zero-order valence-corrected chi connectivity index (χ0v) is 8.07. The fraction of sp³-hybridized carbons (Fsp3) is 0.200. The highest BCUT2D eigenvalue weighted by atomic mass is 16.5. The molecule has 0 unspecified atom stereocenters. The number of rotatable bonds is 2. The second-order valence-electron chi connectivity index (χ2n) is 3.14. The highest BCUT2D eigenvalue weighted by Crippen LogP contribution is 2.23. The maximum Gasteiger partial charge on any atom is 0.335 e. The predicted octanol–water partition coefficient (Wildman–Crippen LogP) is 1.84. The van der Waals surface area contributed by atoms with Crippen molar-refractivity contribution in [1.82, 2.24) is 0 Å². The van der Waals surface area contributed by atoms with Crippen LogP contribution < -0.4 is 0 Å². The maximum atomic E-state index is 11.0. The summed E-state index contributed by atoms with van der Waals surface area (Å²) in [7, 11) is 0. The third kappa shape index (κ3) is 1.74. The van der Waals surface area contributed by atoms with Crippen LogP contribution in [0.3, 0.4) is 0 Å². The number of hydrogen-bond donors (Lipinski definition) is 1. The fourth-order valence-corrected chi connectivity index (χ4v) is 1.47. The normalized spacial score (nSPS) is 9.86. The number of benzene rings is 1. The first-order chi connectivity index (χ1) is 6.43. The average Bonchev–Trinajstić information content (AvgIpc) is 2.01. The Balaban J connectivity index is 3.39. The van der Waals surface area contributed by atoms with Gasteiger partial charge in [-0.05, 0) is 26.0 Å². The van der Waals surface area contributed by atoms with Gasteiger partial charge in [0, 0.05) is 11.1 Å². The molecule has 1 aromatic carbocycles. The minimum Gasteiger partial charge on any atom is -0.619 e. The molecule has 0 saturated carbocycles. The van der Waals surface area contributed by atoms with Crippen molar-refractivity contribution in [3.63, 3.8) is 0 Å². The topological polar surface area (TPSA) is 63.4 Å². The van der Waals surface area contributed by atoms with Crippen molar-refractivity contribution in [3.8, 4) is 0 Å². The van der Waals surface area contributed by atoms with E-state index in [9.17, 15) is 10.0 Å². The monoisotopic (exact) mass is 193 g/mol. The van der Waals surface area contributed by atoms with E-state index < -0.39 is 5.97 Å². The van der Waals surface area contributed by atoms with Crippen molar-refractivity contribution in [3.05, 3.63) is 34.0 Å². The molecule has 0 heterocycles. The third-order valence-corrected chi connectivity index (χ3v) is 1.99. The molecule has 1 rings (SSSR count). The predicted molar refractivity (Wildman–Crippen MR) is 53.3 cm³/mol. The molecule has 4 nitrogen and oxygen atoms in total. The number of carboxylic acid groups (broad SMARTS) is 1. The Bertz CT molecular complexity index is 387. The molecule has 0 aliphatic rings. The summed E-state index contributed by atoms with van der Waals surface area (Å²) >= 11 is 0. The van der Waals surface area contributed by atoms with Crippen molar-refractivity contribution in [2.75, 3.05) is 0 Å². The van der Waals surface area contributed by atoms with Crippen molar-refractivity contribution >= 4 is 18.4 Å². The second-order valence-corrected chi connectivity index (χ2v) is 3.14. The summed E-state index contributed by atoms with van der Waals surface area (Å²) in [4.78, 5) is 10.7. The molecule has 4 heteroatoms. The van der Waals surface area contributed by atoms with E-state index in [1.807, 2.05) is 0 Å². The minimum absolute atomic E-state index is 0.186. The molecule has 0 aromatic heterocycles. The minimum atomic E-state index is -0.996. The van der Waals surface area contributed by atoms with Crippen LogP contribution in [0.4, 0.5) is 5.69 Å². The van der Waals surface area contributed by atoms with Crippen LogP contribution >= 0.6 is 0 Å². The van der Waals surface area contributed by atoms with E-state index in [2.05, 4.69) is 6.72 Å². The van der Waals surface area contributed by atoms with E-state index >= 15 is 0 Å². The van der Waals surface area contributed by atoms with Crippen molar-refractivity contribution in [2.24, 2.45) is 0 Å². The van der Waals surface area contributed by atoms with Gasteiger partial charge in [-0.2, -0.15) is 4.74 Å². The van der Waals surface area contributed by atoms with Crippen LogP contribution in [0, 0.1) is 19.1 Å².